The second kappa shape index (κ2) is 11.9. The molecule has 3 rings (SSSR count). The Kier molecular flexibility index (Phi) is 9.52. The number of carbonyl (C=O) groups excluding carboxylic acids is 1. The summed E-state index contributed by atoms with van der Waals surface area (Å²) in [4.78, 5) is 36.0. The van der Waals surface area contributed by atoms with Crippen molar-refractivity contribution in [1.82, 2.24) is 4.90 Å². The van der Waals surface area contributed by atoms with Gasteiger partial charge in [0.05, 0.1) is 10.9 Å². The van der Waals surface area contributed by atoms with Crippen LogP contribution in [0, 0.1) is 0 Å². The van der Waals surface area contributed by atoms with Gasteiger partial charge in [-0.05, 0) is 50.8 Å². The molecule has 32 heavy (non-hydrogen) atoms. The lowest BCUT2D eigenvalue weighted by Gasteiger charge is -2.25. The van der Waals surface area contributed by atoms with Crippen LogP contribution in [0.3, 0.4) is 0 Å². The number of fused-ring (bicyclic) bond motifs is 1. The SMILES string of the molecule is CN(C)CCCN1C(=O)C(O)C(c2ccccc2)Sc2ccc(Cl)cc21.O=C(O)C(=O)O. The van der Waals surface area contributed by atoms with Crippen molar-refractivity contribution in [3.05, 3.63) is 59.1 Å². The number of nitrogens with zero attached hydrogens (tertiary/aromatic N) is 2. The van der Waals surface area contributed by atoms with Crippen molar-refractivity contribution in [2.24, 2.45) is 0 Å². The monoisotopic (exact) mass is 480 g/mol. The molecule has 8 nitrogen and oxygen atoms in total. The molecule has 1 aliphatic heterocycles. The lowest BCUT2D eigenvalue weighted by Crippen LogP contribution is -2.41. The van der Waals surface area contributed by atoms with Gasteiger partial charge in [-0.1, -0.05) is 41.9 Å². The summed E-state index contributed by atoms with van der Waals surface area (Å²) in [5, 5.41) is 25.9. The van der Waals surface area contributed by atoms with E-state index in [1.54, 1.807) is 4.90 Å². The first-order valence-electron chi connectivity index (χ1n) is 9.73. The third-order valence-corrected chi connectivity index (χ3v) is 6.19. The molecule has 0 aliphatic carbocycles. The predicted molar refractivity (Wildman–Crippen MR) is 123 cm³/mol. The van der Waals surface area contributed by atoms with Crippen molar-refractivity contribution in [1.29, 1.82) is 0 Å². The molecule has 0 spiro atoms. The molecule has 3 N–H and O–H groups in total. The summed E-state index contributed by atoms with van der Waals surface area (Å²) in [6, 6.07) is 15.3. The molecule has 2 aromatic rings. The minimum absolute atomic E-state index is 0.272. The highest BCUT2D eigenvalue weighted by Gasteiger charge is 2.37. The number of anilines is 1. The predicted octanol–water partition coefficient (Wildman–Crippen LogP) is 2.99. The van der Waals surface area contributed by atoms with E-state index in [0.29, 0.717) is 11.6 Å². The third kappa shape index (κ3) is 6.96. The Morgan fingerprint density at radius 2 is 1.72 bits per heavy atom. The maximum absolute atomic E-state index is 13.1. The van der Waals surface area contributed by atoms with Crippen molar-refractivity contribution in [3.8, 4) is 0 Å². The second-order valence-electron chi connectivity index (χ2n) is 7.26. The molecule has 0 radical (unpaired) electrons. The van der Waals surface area contributed by atoms with E-state index in [0.717, 1.165) is 29.1 Å². The first-order chi connectivity index (χ1) is 15.1. The molecular formula is C22H25ClN2O6S. The van der Waals surface area contributed by atoms with E-state index >= 15 is 0 Å². The number of thioether (sulfide) groups is 1. The Bertz CT molecular complexity index is 945. The van der Waals surface area contributed by atoms with E-state index in [1.807, 2.05) is 62.6 Å². The molecule has 1 heterocycles. The van der Waals surface area contributed by atoms with Crippen LogP contribution in [0.25, 0.3) is 0 Å². The summed E-state index contributed by atoms with van der Waals surface area (Å²) >= 11 is 7.71. The molecular weight excluding hydrogens is 456 g/mol. The molecule has 1 amide bonds. The van der Waals surface area contributed by atoms with E-state index in [1.165, 1.54) is 11.8 Å². The number of halogens is 1. The van der Waals surface area contributed by atoms with Crippen LogP contribution in [-0.2, 0) is 14.4 Å². The number of rotatable bonds is 5. The van der Waals surface area contributed by atoms with Crippen molar-refractivity contribution >= 4 is 46.9 Å². The Hall–Kier alpha value is -2.59. The molecule has 10 heteroatoms. The van der Waals surface area contributed by atoms with Crippen LogP contribution >= 0.6 is 23.4 Å². The minimum atomic E-state index is -1.82. The Labute approximate surface area is 195 Å². The maximum atomic E-state index is 13.1. The zero-order valence-electron chi connectivity index (χ0n) is 17.6. The fourth-order valence-corrected chi connectivity index (χ4v) is 4.49. The number of carbonyl (C=O) groups is 3. The molecule has 2 aromatic carbocycles. The van der Waals surface area contributed by atoms with E-state index < -0.39 is 18.0 Å². The summed E-state index contributed by atoms with van der Waals surface area (Å²) in [6.45, 7) is 1.41. The van der Waals surface area contributed by atoms with Gasteiger partial charge in [-0.25, -0.2) is 9.59 Å². The minimum Gasteiger partial charge on any atom is -0.473 e. The fraction of sp³-hybridized carbons (Fsp3) is 0.318. The highest BCUT2D eigenvalue weighted by molar-refractivity contribution is 7.99. The van der Waals surface area contributed by atoms with Crippen LogP contribution in [0.2, 0.25) is 5.02 Å². The van der Waals surface area contributed by atoms with Crippen molar-refractivity contribution < 1.29 is 29.7 Å². The maximum Gasteiger partial charge on any atom is 0.414 e. The summed E-state index contributed by atoms with van der Waals surface area (Å²) in [5.74, 6) is -3.92. The van der Waals surface area contributed by atoms with Crippen LogP contribution in [0.1, 0.15) is 17.2 Å². The Balaban J connectivity index is 0.000000534. The first kappa shape index (κ1) is 25.7. The normalized spacial score (nSPS) is 17.8. The zero-order chi connectivity index (χ0) is 23.8. The lowest BCUT2D eigenvalue weighted by atomic mass is 10.1. The van der Waals surface area contributed by atoms with Crippen LogP contribution in [0.15, 0.2) is 53.4 Å². The van der Waals surface area contributed by atoms with Crippen LogP contribution < -0.4 is 4.90 Å². The fourth-order valence-electron chi connectivity index (χ4n) is 3.08. The number of hydrogen-bond donors (Lipinski definition) is 3. The van der Waals surface area contributed by atoms with E-state index in [2.05, 4.69) is 4.90 Å². The molecule has 0 saturated heterocycles. The molecule has 172 valence electrons. The van der Waals surface area contributed by atoms with Crippen LogP contribution in [0.5, 0.6) is 0 Å². The van der Waals surface area contributed by atoms with Crippen molar-refractivity contribution in [2.75, 3.05) is 32.1 Å². The van der Waals surface area contributed by atoms with Gasteiger partial charge in [0, 0.05) is 16.5 Å². The average molecular weight is 481 g/mol. The van der Waals surface area contributed by atoms with Crippen molar-refractivity contribution in [2.45, 2.75) is 22.7 Å². The zero-order valence-corrected chi connectivity index (χ0v) is 19.2. The van der Waals surface area contributed by atoms with E-state index in [-0.39, 0.29) is 11.2 Å². The highest BCUT2D eigenvalue weighted by atomic mass is 35.5. The molecule has 2 unspecified atom stereocenters. The molecule has 0 aromatic heterocycles. The number of aliphatic carboxylic acids is 2. The van der Waals surface area contributed by atoms with Gasteiger partial charge in [-0.15, -0.1) is 11.8 Å². The topological polar surface area (TPSA) is 118 Å². The smallest absolute Gasteiger partial charge is 0.414 e. The van der Waals surface area contributed by atoms with Crippen LogP contribution in [-0.4, -0.2) is 71.4 Å². The van der Waals surface area contributed by atoms with Gasteiger partial charge < -0.3 is 25.1 Å². The number of hydrogen-bond acceptors (Lipinski definition) is 6. The first-order valence-corrected chi connectivity index (χ1v) is 11.0. The van der Waals surface area contributed by atoms with Gasteiger partial charge in [0.15, 0.2) is 0 Å². The van der Waals surface area contributed by atoms with Gasteiger partial charge in [0.1, 0.15) is 6.10 Å². The lowest BCUT2D eigenvalue weighted by molar-refractivity contribution is -0.159. The van der Waals surface area contributed by atoms with Crippen LogP contribution in [0.4, 0.5) is 5.69 Å². The third-order valence-electron chi connectivity index (χ3n) is 4.57. The van der Waals surface area contributed by atoms with E-state index in [4.69, 9.17) is 31.4 Å². The summed E-state index contributed by atoms with van der Waals surface area (Å²) in [6.07, 6.45) is -0.286. The van der Waals surface area contributed by atoms with Gasteiger partial charge in [0.2, 0.25) is 0 Å². The number of aliphatic hydroxyl groups is 1. The Morgan fingerprint density at radius 3 is 2.28 bits per heavy atom. The van der Waals surface area contributed by atoms with Gasteiger partial charge in [0.25, 0.3) is 5.91 Å². The van der Waals surface area contributed by atoms with Gasteiger partial charge in [-0.2, -0.15) is 0 Å². The largest absolute Gasteiger partial charge is 0.473 e. The van der Waals surface area contributed by atoms with Gasteiger partial charge >= 0.3 is 11.9 Å². The average Bonchev–Trinajstić information content (AvgIpc) is 2.85. The summed E-state index contributed by atoms with van der Waals surface area (Å²) in [5.41, 5.74) is 1.72. The quantitative estimate of drug-likeness (QED) is 0.559. The number of carboxylic acid groups (broad SMARTS) is 2. The molecule has 0 bridgehead atoms. The number of aliphatic hydroxyl groups excluding tert-OH is 1. The number of amides is 1. The summed E-state index contributed by atoms with van der Waals surface area (Å²) < 4.78 is 0. The number of benzene rings is 2. The molecule has 0 fully saturated rings. The second-order valence-corrected chi connectivity index (χ2v) is 8.88. The summed E-state index contributed by atoms with van der Waals surface area (Å²) in [7, 11) is 4.01. The van der Waals surface area contributed by atoms with Gasteiger partial charge in [-0.3, -0.25) is 4.79 Å². The number of carboxylic acids is 2. The Morgan fingerprint density at radius 1 is 1.09 bits per heavy atom. The molecule has 1 aliphatic rings. The molecule has 2 atom stereocenters. The molecule has 0 saturated carbocycles. The van der Waals surface area contributed by atoms with Crippen molar-refractivity contribution in [3.63, 3.8) is 0 Å². The highest BCUT2D eigenvalue weighted by Crippen LogP contribution is 2.46. The van der Waals surface area contributed by atoms with E-state index in [9.17, 15) is 9.90 Å². The standard InChI is InChI=1S/C20H23ClN2O2S.C2H2O4/c1-22(2)11-6-12-23-16-13-15(21)9-10-17(16)26-19(18(24)20(23)25)14-7-4-3-5-8-14;3-1(4)2(5)6/h3-5,7-10,13,18-19,24H,6,11-12H2,1-2H3;(H,3,4)(H,5,6).